The van der Waals surface area contributed by atoms with Crippen LogP contribution in [0.15, 0.2) is 25.3 Å². The smallest absolute Gasteiger partial charge is 0.0641 e. The van der Waals surface area contributed by atoms with Crippen molar-refractivity contribution in [1.29, 1.82) is 0 Å². The third-order valence-electron chi connectivity index (χ3n) is 1.30. The highest BCUT2D eigenvalue weighted by molar-refractivity contribution is 4.64. The fraction of sp³-hybridized carbons (Fsp3) is 0.636. The van der Waals surface area contributed by atoms with Gasteiger partial charge in [0.25, 0.3) is 0 Å². The van der Waals surface area contributed by atoms with E-state index in [-0.39, 0.29) is 0 Å². The number of ether oxygens (including phenoxy) is 1. The molecular weight excluding hydrogens is 148 g/mol. The second-order valence-corrected chi connectivity index (χ2v) is 2.53. The molecule has 0 heterocycles. The van der Waals surface area contributed by atoms with Gasteiger partial charge >= 0.3 is 0 Å². The first-order chi connectivity index (χ1) is 5.83. The van der Waals surface area contributed by atoms with Crippen LogP contribution in [0, 0.1) is 0 Å². The van der Waals surface area contributed by atoms with E-state index in [1.165, 1.54) is 25.7 Å². The molecule has 0 aliphatic carbocycles. The van der Waals surface area contributed by atoms with Gasteiger partial charge in [0.15, 0.2) is 0 Å². The van der Waals surface area contributed by atoms with Crippen LogP contribution in [0.25, 0.3) is 0 Å². The van der Waals surface area contributed by atoms with E-state index in [0.29, 0.717) is 6.61 Å². The molecule has 0 unspecified atom stereocenters. The summed E-state index contributed by atoms with van der Waals surface area (Å²) in [5, 5.41) is 0. The molecule has 0 saturated carbocycles. The molecule has 12 heavy (non-hydrogen) atoms. The Bertz CT molecular complexity index is 87.0. The monoisotopic (exact) mass is 170 g/mol. The Morgan fingerprint density at radius 2 is 1.83 bits per heavy atom. The zero-order chi connectivity index (χ0) is 9.66. The predicted octanol–water partition coefficient (Wildman–Crippen LogP) is 3.57. The van der Waals surface area contributed by atoms with E-state index in [0.717, 1.165) is 0 Å². The lowest BCUT2D eigenvalue weighted by Gasteiger charge is -1.87. The van der Waals surface area contributed by atoms with Crippen molar-refractivity contribution in [2.45, 2.75) is 32.6 Å². The number of methoxy groups -OCH3 is 1. The van der Waals surface area contributed by atoms with Crippen molar-refractivity contribution in [1.82, 2.24) is 0 Å². The minimum Gasteiger partial charge on any atom is -0.381 e. The lowest BCUT2D eigenvalue weighted by Crippen LogP contribution is -1.76. The van der Waals surface area contributed by atoms with E-state index in [1.54, 1.807) is 13.2 Å². The Morgan fingerprint density at radius 1 is 1.17 bits per heavy atom. The predicted molar refractivity (Wildman–Crippen MR) is 56.4 cm³/mol. The summed E-state index contributed by atoms with van der Waals surface area (Å²) in [7, 11) is 1.64. The molecular formula is C11H22O. The van der Waals surface area contributed by atoms with Crippen LogP contribution >= 0.6 is 0 Å². The molecule has 0 amide bonds. The van der Waals surface area contributed by atoms with E-state index in [2.05, 4.69) is 24.8 Å². The van der Waals surface area contributed by atoms with Gasteiger partial charge in [-0.2, -0.15) is 0 Å². The summed E-state index contributed by atoms with van der Waals surface area (Å²) in [5.74, 6) is 0. The minimum absolute atomic E-state index is 0.653. The van der Waals surface area contributed by atoms with Gasteiger partial charge in [0.1, 0.15) is 0 Å². The van der Waals surface area contributed by atoms with Crippen molar-refractivity contribution in [3.8, 4) is 0 Å². The van der Waals surface area contributed by atoms with Gasteiger partial charge in [0, 0.05) is 7.11 Å². The SMILES string of the molecule is C=CCCCCC.C=CCOC. The van der Waals surface area contributed by atoms with E-state index in [1.807, 2.05) is 6.08 Å². The molecule has 0 aliphatic rings. The van der Waals surface area contributed by atoms with Crippen molar-refractivity contribution in [2.75, 3.05) is 13.7 Å². The lowest BCUT2D eigenvalue weighted by atomic mass is 10.2. The molecule has 1 nitrogen and oxygen atoms in total. The molecule has 0 aromatic carbocycles. The van der Waals surface area contributed by atoms with E-state index in [4.69, 9.17) is 0 Å². The molecule has 0 fully saturated rings. The molecule has 72 valence electrons. The van der Waals surface area contributed by atoms with Gasteiger partial charge in [0.05, 0.1) is 6.61 Å². The van der Waals surface area contributed by atoms with Crippen molar-refractivity contribution >= 4 is 0 Å². The molecule has 0 aromatic rings. The number of hydrogen-bond donors (Lipinski definition) is 0. The zero-order valence-corrected chi connectivity index (χ0v) is 8.51. The molecule has 1 heteroatoms. The van der Waals surface area contributed by atoms with Gasteiger partial charge in [-0.05, 0) is 12.8 Å². The Morgan fingerprint density at radius 3 is 2.08 bits per heavy atom. The van der Waals surface area contributed by atoms with Crippen molar-refractivity contribution in [3.63, 3.8) is 0 Å². The van der Waals surface area contributed by atoms with Gasteiger partial charge < -0.3 is 4.74 Å². The molecule has 0 rings (SSSR count). The van der Waals surface area contributed by atoms with Crippen molar-refractivity contribution in [2.24, 2.45) is 0 Å². The van der Waals surface area contributed by atoms with Gasteiger partial charge in [-0.25, -0.2) is 0 Å². The summed E-state index contributed by atoms with van der Waals surface area (Å²) in [6, 6.07) is 0. The third kappa shape index (κ3) is 22.7. The number of unbranched alkanes of at least 4 members (excludes halogenated alkanes) is 3. The normalized spacial score (nSPS) is 8.17. The van der Waals surface area contributed by atoms with E-state index in [9.17, 15) is 0 Å². The maximum atomic E-state index is 4.57. The van der Waals surface area contributed by atoms with Gasteiger partial charge in [-0.1, -0.05) is 31.9 Å². The van der Waals surface area contributed by atoms with Crippen molar-refractivity contribution < 1.29 is 4.74 Å². The fourth-order valence-corrected chi connectivity index (χ4v) is 0.657. The summed E-state index contributed by atoms with van der Waals surface area (Å²) in [4.78, 5) is 0. The molecule has 0 spiro atoms. The molecule has 0 aliphatic heterocycles. The van der Waals surface area contributed by atoms with Crippen LogP contribution in [-0.4, -0.2) is 13.7 Å². The van der Waals surface area contributed by atoms with Crippen LogP contribution in [0.2, 0.25) is 0 Å². The van der Waals surface area contributed by atoms with Crippen molar-refractivity contribution in [3.05, 3.63) is 25.3 Å². The summed E-state index contributed by atoms with van der Waals surface area (Å²) in [5.41, 5.74) is 0. The van der Waals surface area contributed by atoms with Gasteiger partial charge in [-0.15, -0.1) is 13.2 Å². The Labute approximate surface area is 77.1 Å². The summed E-state index contributed by atoms with van der Waals surface area (Å²) in [6.45, 7) is 9.92. The highest BCUT2D eigenvalue weighted by Gasteiger charge is 1.77. The third-order valence-corrected chi connectivity index (χ3v) is 1.30. The first kappa shape index (κ1) is 14.0. The molecule has 0 bridgehead atoms. The number of rotatable bonds is 6. The van der Waals surface area contributed by atoms with Crippen LogP contribution in [0.5, 0.6) is 0 Å². The van der Waals surface area contributed by atoms with Crippen LogP contribution in [-0.2, 0) is 4.74 Å². The van der Waals surface area contributed by atoms with Crippen LogP contribution in [0.4, 0.5) is 0 Å². The summed E-state index contributed by atoms with van der Waals surface area (Å²) >= 11 is 0. The molecule has 0 aromatic heterocycles. The van der Waals surface area contributed by atoms with Crippen LogP contribution < -0.4 is 0 Å². The van der Waals surface area contributed by atoms with E-state index < -0.39 is 0 Å². The van der Waals surface area contributed by atoms with E-state index >= 15 is 0 Å². The molecule has 0 saturated heterocycles. The second-order valence-electron chi connectivity index (χ2n) is 2.53. The topological polar surface area (TPSA) is 9.23 Å². The molecule has 0 radical (unpaired) electrons. The number of allylic oxidation sites excluding steroid dienone is 1. The molecule has 0 N–H and O–H groups in total. The van der Waals surface area contributed by atoms with Gasteiger partial charge in [0.2, 0.25) is 0 Å². The molecule has 0 atom stereocenters. The van der Waals surface area contributed by atoms with Gasteiger partial charge in [-0.3, -0.25) is 0 Å². The first-order valence-corrected chi connectivity index (χ1v) is 4.54. The average molecular weight is 170 g/mol. The second kappa shape index (κ2) is 16.8. The number of hydrogen-bond acceptors (Lipinski definition) is 1. The highest BCUT2D eigenvalue weighted by atomic mass is 16.5. The standard InChI is InChI=1S/C7H14.C4H8O/c1-3-5-7-6-4-2;1-3-4-5-2/h3H,1,4-7H2,2H3;3H,1,4H2,2H3. The largest absolute Gasteiger partial charge is 0.381 e. The Kier molecular flexibility index (Phi) is 19.6. The zero-order valence-electron chi connectivity index (χ0n) is 8.51. The minimum atomic E-state index is 0.653. The quantitative estimate of drug-likeness (QED) is 0.437. The fourth-order valence-electron chi connectivity index (χ4n) is 0.657. The summed E-state index contributed by atoms with van der Waals surface area (Å²) in [6.07, 6.45) is 8.86. The first-order valence-electron chi connectivity index (χ1n) is 4.54. The maximum Gasteiger partial charge on any atom is 0.0641 e. The van der Waals surface area contributed by atoms with Crippen LogP contribution in [0.1, 0.15) is 32.6 Å². The Hall–Kier alpha value is -0.560. The summed E-state index contributed by atoms with van der Waals surface area (Å²) < 4.78 is 4.57. The average Bonchev–Trinajstić information content (AvgIpc) is 2.08. The maximum absolute atomic E-state index is 4.57. The highest BCUT2D eigenvalue weighted by Crippen LogP contribution is 1.97. The lowest BCUT2D eigenvalue weighted by molar-refractivity contribution is 0.234. The Balaban J connectivity index is 0. The van der Waals surface area contributed by atoms with Crippen LogP contribution in [0.3, 0.4) is 0 Å².